The minimum atomic E-state index is -0.521. The van der Waals surface area contributed by atoms with Crippen LogP contribution in [0.5, 0.6) is 0 Å². The van der Waals surface area contributed by atoms with Gasteiger partial charge in [0.15, 0.2) is 5.60 Å². The monoisotopic (exact) mass is 462 g/mol. The molecule has 7 heteroatoms. The minimum Gasteiger partial charge on any atom is -0.377 e. The predicted molar refractivity (Wildman–Crippen MR) is 127 cm³/mol. The highest BCUT2D eigenvalue weighted by Gasteiger charge is 2.87. The van der Waals surface area contributed by atoms with Gasteiger partial charge in [-0.2, -0.15) is 0 Å². The number of amides is 1. The number of piperazine rings is 1. The van der Waals surface area contributed by atoms with Gasteiger partial charge in [0, 0.05) is 43.2 Å². The van der Waals surface area contributed by atoms with Crippen LogP contribution in [0.4, 0.5) is 10.1 Å². The number of nitrogens with one attached hydrogen (secondary N) is 2. The molecular weight excluding hydrogens is 431 g/mol. The van der Waals surface area contributed by atoms with E-state index in [-0.39, 0.29) is 36.1 Å². The first-order valence-corrected chi connectivity index (χ1v) is 12.6. The van der Waals surface area contributed by atoms with Crippen LogP contribution >= 0.6 is 0 Å². The normalized spacial score (nSPS) is 37.6. The van der Waals surface area contributed by atoms with Crippen LogP contribution in [-0.4, -0.2) is 71.9 Å². The average molecular weight is 463 g/mol. The fraction of sp³-hybridized carbons (Fsp3) is 0.519. The molecule has 2 aromatic rings. The molecule has 178 valence electrons. The number of fused-ring (bicyclic) bond motifs is 2. The van der Waals surface area contributed by atoms with Gasteiger partial charge in [0.25, 0.3) is 0 Å². The van der Waals surface area contributed by atoms with Gasteiger partial charge in [-0.1, -0.05) is 55.5 Å². The predicted octanol–water partition coefficient (Wildman–Crippen LogP) is 2.51. The maximum Gasteiger partial charge on any atom is 0.240 e. The molecule has 4 fully saturated rings. The van der Waals surface area contributed by atoms with Crippen LogP contribution in [0, 0.1) is 5.92 Å². The molecule has 0 radical (unpaired) electrons. The third-order valence-corrected chi connectivity index (χ3v) is 8.81. The second-order valence-corrected chi connectivity index (χ2v) is 10.7. The van der Waals surface area contributed by atoms with E-state index in [4.69, 9.17) is 4.74 Å². The van der Waals surface area contributed by atoms with E-state index in [1.165, 1.54) is 11.1 Å². The average Bonchev–Trinajstić information content (AvgIpc) is 3.38. The molecule has 0 saturated carbocycles. The number of nitrogens with zero attached hydrogens (tertiary/aromatic N) is 2. The van der Waals surface area contributed by atoms with E-state index < -0.39 is 17.9 Å². The summed E-state index contributed by atoms with van der Waals surface area (Å²) in [4.78, 5) is 18.0. The highest BCUT2D eigenvalue weighted by Crippen LogP contribution is 2.69. The van der Waals surface area contributed by atoms with Gasteiger partial charge < -0.3 is 15.0 Å². The Morgan fingerprint density at radius 2 is 2.00 bits per heavy atom. The van der Waals surface area contributed by atoms with Gasteiger partial charge in [0.1, 0.15) is 5.66 Å². The Morgan fingerprint density at radius 3 is 2.82 bits per heavy atom. The summed E-state index contributed by atoms with van der Waals surface area (Å²) < 4.78 is 20.2. The molecule has 34 heavy (non-hydrogen) atoms. The molecule has 4 saturated heterocycles. The second kappa shape index (κ2) is 7.26. The highest BCUT2D eigenvalue weighted by atomic mass is 19.1. The van der Waals surface area contributed by atoms with Gasteiger partial charge in [-0.3, -0.25) is 19.4 Å². The zero-order chi connectivity index (χ0) is 23.1. The number of hydrogen-bond donors (Lipinski definition) is 2. The Labute approximate surface area is 199 Å². The maximum atomic E-state index is 13.6. The first-order chi connectivity index (χ1) is 16.6. The Morgan fingerprint density at radius 1 is 1.21 bits per heavy atom. The lowest BCUT2D eigenvalue weighted by molar-refractivity contribution is -0.292. The van der Waals surface area contributed by atoms with Crippen molar-refractivity contribution in [3.8, 4) is 0 Å². The number of rotatable bonds is 7. The van der Waals surface area contributed by atoms with E-state index in [1.807, 2.05) is 17.9 Å². The molecule has 6 nitrogen and oxygen atoms in total. The number of carbonyl (C=O) groups excluding carboxylic acids is 1. The van der Waals surface area contributed by atoms with Crippen LogP contribution in [0.25, 0.3) is 0 Å². The molecule has 7 atom stereocenters. The SMILES string of the molecule is CC(CF)CN1C[C@H]2C3Nc4ccccc4[C@]34OC3C[C@@H](C1=O)N2C34NCCc1ccccc1. The number of halogens is 1. The van der Waals surface area contributed by atoms with Crippen LogP contribution < -0.4 is 10.6 Å². The summed E-state index contributed by atoms with van der Waals surface area (Å²) in [5.74, 6) is -0.0252. The third kappa shape index (κ3) is 2.42. The van der Waals surface area contributed by atoms with Crippen LogP contribution in [0.1, 0.15) is 24.5 Å². The van der Waals surface area contributed by atoms with Gasteiger partial charge in [-0.05, 0) is 18.1 Å². The van der Waals surface area contributed by atoms with E-state index >= 15 is 0 Å². The first-order valence-electron chi connectivity index (χ1n) is 12.6. The fourth-order valence-electron chi connectivity index (χ4n) is 7.60. The van der Waals surface area contributed by atoms with E-state index in [2.05, 4.69) is 64.1 Å². The number of anilines is 1. The summed E-state index contributed by atoms with van der Waals surface area (Å²) in [6, 6.07) is 18.9. The topological polar surface area (TPSA) is 56.8 Å². The van der Waals surface area contributed by atoms with Crippen LogP contribution in [-0.2, 0) is 21.6 Å². The number of benzene rings is 2. The zero-order valence-electron chi connectivity index (χ0n) is 19.4. The highest BCUT2D eigenvalue weighted by molar-refractivity contribution is 5.85. The Bertz CT molecular complexity index is 1130. The van der Waals surface area contributed by atoms with Crippen LogP contribution in [0.2, 0.25) is 0 Å². The van der Waals surface area contributed by atoms with Crippen molar-refractivity contribution < 1.29 is 13.9 Å². The molecule has 0 aromatic heterocycles. The van der Waals surface area contributed by atoms with Crippen molar-refractivity contribution in [2.24, 2.45) is 5.92 Å². The molecule has 2 aromatic carbocycles. The summed E-state index contributed by atoms with van der Waals surface area (Å²) in [7, 11) is 0. The lowest BCUT2D eigenvalue weighted by Gasteiger charge is -2.59. The minimum absolute atomic E-state index is 0.0452. The van der Waals surface area contributed by atoms with E-state index in [9.17, 15) is 9.18 Å². The van der Waals surface area contributed by atoms with Gasteiger partial charge >= 0.3 is 0 Å². The molecular formula is C27H31FN4O2. The lowest BCUT2D eigenvalue weighted by atomic mass is 9.71. The van der Waals surface area contributed by atoms with Crippen molar-refractivity contribution in [2.45, 2.75) is 55.3 Å². The summed E-state index contributed by atoms with van der Waals surface area (Å²) in [6.07, 6.45) is 1.56. The quantitative estimate of drug-likeness (QED) is 0.662. The summed E-state index contributed by atoms with van der Waals surface area (Å²) in [5.41, 5.74) is 2.68. The third-order valence-electron chi connectivity index (χ3n) is 8.81. The maximum absolute atomic E-state index is 13.6. The smallest absolute Gasteiger partial charge is 0.240 e. The Hall–Kier alpha value is -2.48. The fourth-order valence-corrected chi connectivity index (χ4v) is 7.60. The number of ether oxygens (including phenoxy) is 1. The Kier molecular flexibility index (Phi) is 4.45. The molecule has 5 aliphatic rings. The molecule has 5 aliphatic heterocycles. The molecule has 2 N–H and O–H groups in total. The lowest BCUT2D eigenvalue weighted by Crippen LogP contribution is -2.79. The molecule has 1 spiro atoms. The van der Waals surface area contributed by atoms with Crippen molar-refractivity contribution in [3.05, 3.63) is 65.7 Å². The van der Waals surface area contributed by atoms with Gasteiger partial charge in [0.05, 0.1) is 30.9 Å². The second-order valence-electron chi connectivity index (χ2n) is 10.7. The summed E-state index contributed by atoms with van der Waals surface area (Å²) in [5, 5.41) is 7.73. The van der Waals surface area contributed by atoms with Crippen molar-refractivity contribution >= 4 is 11.6 Å². The molecule has 0 bridgehead atoms. The first kappa shape index (κ1) is 20.9. The van der Waals surface area contributed by atoms with Gasteiger partial charge in [-0.25, -0.2) is 0 Å². The zero-order valence-corrected chi connectivity index (χ0v) is 19.4. The number of hydrogen-bond acceptors (Lipinski definition) is 5. The van der Waals surface area contributed by atoms with E-state index in [1.54, 1.807) is 0 Å². The van der Waals surface area contributed by atoms with Gasteiger partial charge in [0.2, 0.25) is 5.91 Å². The number of alkyl halides is 1. The molecule has 1 amide bonds. The number of carbonyl (C=O) groups is 1. The molecule has 5 heterocycles. The van der Waals surface area contributed by atoms with Gasteiger partial charge in [-0.15, -0.1) is 0 Å². The Balaban J connectivity index is 1.27. The summed E-state index contributed by atoms with van der Waals surface area (Å²) in [6.45, 7) is 3.36. The van der Waals surface area contributed by atoms with Crippen LogP contribution in [0.3, 0.4) is 0 Å². The largest absolute Gasteiger partial charge is 0.377 e. The van der Waals surface area contributed by atoms with Crippen molar-refractivity contribution in [2.75, 3.05) is 31.6 Å². The van der Waals surface area contributed by atoms with Crippen molar-refractivity contribution in [1.29, 1.82) is 0 Å². The molecule has 0 aliphatic carbocycles. The summed E-state index contributed by atoms with van der Waals surface area (Å²) >= 11 is 0. The molecule has 4 unspecified atom stereocenters. The van der Waals surface area contributed by atoms with Crippen LogP contribution in [0.15, 0.2) is 54.6 Å². The van der Waals surface area contributed by atoms with E-state index in [0.29, 0.717) is 19.5 Å². The van der Waals surface area contributed by atoms with Crippen molar-refractivity contribution in [3.63, 3.8) is 0 Å². The van der Waals surface area contributed by atoms with Crippen molar-refractivity contribution in [1.82, 2.24) is 15.1 Å². The van der Waals surface area contributed by atoms with E-state index in [0.717, 1.165) is 18.7 Å². The standard InChI is InChI=1S/C27H31FN4O2/c1-17(14-28)15-31-16-22-24-26(19-9-5-6-10-20(19)30-24)27(29-12-11-18-7-3-2-4-8-18)23(34-26)13-21(25(31)33)32(22)27/h2-10,17,21-24,29-30H,11-16H2,1H3/t17?,21-,22-,23?,24?,26-,27?/m0/s1. The number of para-hydroxylation sites is 1. The molecule has 7 rings (SSSR count).